The van der Waals surface area contributed by atoms with Gasteiger partial charge in [0.05, 0.1) is 24.8 Å². The lowest BCUT2D eigenvalue weighted by molar-refractivity contribution is -0.140. The van der Waals surface area contributed by atoms with Gasteiger partial charge in [-0.2, -0.15) is 0 Å². The van der Waals surface area contributed by atoms with Crippen molar-refractivity contribution in [2.45, 2.75) is 31.9 Å². The molecule has 2 aromatic rings. The highest BCUT2D eigenvalue weighted by Gasteiger charge is 2.47. The standard InChI is InChI=1S/C24H25NO5/c1-15-5-7-17(8-6-15)22(26)20-21(16-9-11-18(29-2)12-10-16)25(24(28)23(20)27)14-19-4-3-13-30-19/h5-12,19,21,26H,3-4,13-14H2,1-2H3. The first kappa shape index (κ1) is 20.2. The third-order valence-electron chi connectivity index (χ3n) is 5.72. The summed E-state index contributed by atoms with van der Waals surface area (Å²) in [5.74, 6) is -0.774. The van der Waals surface area contributed by atoms with E-state index in [0.29, 0.717) is 24.5 Å². The van der Waals surface area contributed by atoms with Gasteiger partial charge in [0.2, 0.25) is 0 Å². The van der Waals surface area contributed by atoms with Crippen LogP contribution in [0.5, 0.6) is 5.75 Å². The van der Waals surface area contributed by atoms with Crippen LogP contribution in [-0.2, 0) is 14.3 Å². The summed E-state index contributed by atoms with van der Waals surface area (Å²) in [4.78, 5) is 27.5. The monoisotopic (exact) mass is 407 g/mol. The third-order valence-corrected chi connectivity index (χ3v) is 5.72. The molecule has 0 bridgehead atoms. The Morgan fingerprint density at radius 2 is 1.83 bits per heavy atom. The van der Waals surface area contributed by atoms with Crippen molar-refractivity contribution in [2.75, 3.05) is 20.3 Å². The van der Waals surface area contributed by atoms with E-state index in [9.17, 15) is 14.7 Å². The Morgan fingerprint density at radius 1 is 1.13 bits per heavy atom. The lowest BCUT2D eigenvalue weighted by atomic mass is 9.95. The molecule has 6 heteroatoms. The number of aryl methyl sites for hydroxylation is 1. The number of ether oxygens (including phenoxy) is 2. The number of aliphatic hydroxyl groups excluding tert-OH is 1. The molecule has 30 heavy (non-hydrogen) atoms. The molecule has 1 N–H and O–H groups in total. The topological polar surface area (TPSA) is 76.1 Å². The molecular weight excluding hydrogens is 382 g/mol. The van der Waals surface area contributed by atoms with Crippen LogP contribution in [0.2, 0.25) is 0 Å². The highest BCUT2D eigenvalue weighted by molar-refractivity contribution is 6.46. The van der Waals surface area contributed by atoms with E-state index in [0.717, 1.165) is 24.0 Å². The number of hydrogen-bond acceptors (Lipinski definition) is 5. The van der Waals surface area contributed by atoms with Gasteiger partial charge in [-0.1, -0.05) is 42.0 Å². The molecule has 2 heterocycles. The number of ketones is 1. The van der Waals surface area contributed by atoms with Crippen LogP contribution in [-0.4, -0.2) is 48.1 Å². The van der Waals surface area contributed by atoms with E-state index in [4.69, 9.17) is 9.47 Å². The molecule has 0 saturated carbocycles. The lowest BCUT2D eigenvalue weighted by Crippen LogP contribution is -2.36. The Balaban J connectivity index is 1.80. The minimum absolute atomic E-state index is 0.104. The number of benzene rings is 2. The van der Waals surface area contributed by atoms with Crippen LogP contribution in [0.15, 0.2) is 54.1 Å². The smallest absolute Gasteiger partial charge is 0.295 e. The zero-order chi connectivity index (χ0) is 21.3. The van der Waals surface area contributed by atoms with E-state index in [2.05, 4.69) is 0 Å². The van der Waals surface area contributed by atoms with Crippen molar-refractivity contribution < 1.29 is 24.2 Å². The van der Waals surface area contributed by atoms with Gasteiger partial charge >= 0.3 is 0 Å². The van der Waals surface area contributed by atoms with Crippen molar-refractivity contribution in [2.24, 2.45) is 0 Å². The van der Waals surface area contributed by atoms with Crippen LogP contribution in [0, 0.1) is 6.92 Å². The van der Waals surface area contributed by atoms with Gasteiger partial charge in [0.25, 0.3) is 11.7 Å². The molecule has 4 rings (SSSR count). The molecular formula is C24H25NO5. The van der Waals surface area contributed by atoms with Crippen LogP contribution < -0.4 is 4.74 Å². The molecule has 2 aromatic carbocycles. The maximum absolute atomic E-state index is 13.0. The summed E-state index contributed by atoms with van der Waals surface area (Å²) in [7, 11) is 1.58. The number of nitrogens with zero attached hydrogens (tertiary/aromatic N) is 1. The molecule has 2 fully saturated rings. The Labute approximate surface area is 175 Å². The summed E-state index contributed by atoms with van der Waals surface area (Å²) < 4.78 is 10.9. The van der Waals surface area contributed by atoms with E-state index in [1.165, 1.54) is 4.90 Å². The predicted molar refractivity (Wildman–Crippen MR) is 112 cm³/mol. The van der Waals surface area contributed by atoms with Crippen LogP contribution in [0.1, 0.15) is 35.6 Å². The van der Waals surface area contributed by atoms with Gasteiger partial charge in [-0.15, -0.1) is 0 Å². The molecule has 2 atom stereocenters. The van der Waals surface area contributed by atoms with E-state index in [1.54, 1.807) is 31.4 Å². The minimum Gasteiger partial charge on any atom is -0.507 e. The zero-order valence-corrected chi connectivity index (χ0v) is 17.1. The predicted octanol–water partition coefficient (Wildman–Crippen LogP) is 3.60. The SMILES string of the molecule is COc1ccc(C2C(=C(O)c3ccc(C)cc3)C(=O)C(=O)N2CC2CCCO2)cc1. The molecule has 0 spiro atoms. The quantitative estimate of drug-likeness (QED) is 0.466. The molecule has 2 unspecified atom stereocenters. The second-order valence-corrected chi connectivity index (χ2v) is 7.73. The van der Waals surface area contributed by atoms with Gasteiger partial charge in [-0.25, -0.2) is 0 Å². The van der Waals surface area contributed by atoms with Gasteiger partial charge < -0.3 is 19.5 Å². The van der Waals surface area contributed by atoms with Gasteiger partial charge in [0.1, 0.15) is 11.5 Å². The van der Waals surface area contributed by atoms with Crippen molar-refractivity contribution in [1.82, 2.24) is 4.90 Å². The second-order valence-electron chi connectivity index (χ2n) is 7.73. The number of carbonyl (C=O) groups is 2. The molecule has 2 aliphatic rings. The summed E-state index contributed by atoms with van der Waals surface area (Å²) in [6.45, 7) is 2.92. The van der Waals surface area contributed by atoms with Crippen molar-refractivity contribution in [1.29, 1.82) is 0 Å². The fraction of sp³-hybridized carbons (Fsp3) is 0.333. The number of amides is 1. The molecule has 0 radical (unpaired) electrons. The number of methoxy groups -OCH3 is 1. The number of aliphatic hydroxyl groups is 1. The molecule has 6 nitrogen and oxygen atoms in total. The van der Waals surface area contributed by atoms with Crippen LogP contribution in [0.25, 0.3) is 5.76 Å². The molecule has 156 valence electrons. The van der Waals surface area contributed by atoms with Crippen molar-refractivity contribution in [3.8, 4) is 5.75 Å². The first-order valence-corrected chi connectivity index (χ1v) is 10.1. The average molecular weight is 407 g/mol. The largest absolute Gasteiger partial charge is 0.507 e. The fourth-order valence-electron chi connectivity index (χ4n) is 4.08. The zero-order valence-electron chi connectivity index (χ0n) is 17.1. The van der Waals surface area contributed by atoms with Crippen LogP contribution >= 0.6 is 0 Å². The number of likely N-dealkylation sites (tertiary alicyclic amines) is 1. The highest BCUT2D eigenvalue weighted by Crippen LogP contribution is 2.40. The first-order chi connectivity index (χ1) is 14.5. The normalized spacial score (nSPS) is 23.2. The summed E-state index contributed by atoms with van der Waals surface area (Å²) in [6, 6.07) is 13.8. The maximum atomic E-state index is 13.0. The summed E-state index contributed by atoms with van der Waals surface area (Å²) in [5, 5.41) is 11.0. The van der Waals surface area contributed by atoms with Crippen LogP contribution in [0.4, 0.5) is 0 Å². The molecule has 2 aliphatic heterocycles. The fourth-order valence-corrected chi connectivity index (χ4v) is 4.08. The van der Waals surface area contributed by atoms with Crippen molar-refractivity contribution in [3.05, 3.63) is 70.8 Å². The lowest BCUT2D eigenvalue weighted by Gasteiger charge is -2.27. The second kappa shape index (κ2) is 8.32. The van der Waals surface area contributed by atoms with E-state index >= 15 is 0 Å². The summed E-state index contributed by atoms with van der Waals surface area (Å²) in [5.41, 5.74) is 2.39. The van der Waals surface area contributed by atoms with Gasteiger partial charge in [-0.05, 0) is 37.5 Å². The van der Waals surface area contributed by atoms with Gasteiger partial charge in [0, 0.05) is 18.7 Å². The Hall–Kier alpha value is -3.12. The number of Topliss-reactive ketones (excluding diaryl/α,β-unsaturated/α-hetero) is 1. The van der Waals surface area contributed by atoms with E-state index in [1.807, 2.05) is 31.2 Å². The summed E-state index contributed by atoms with van der Waals surface area (Å²) >= 11 is 0. The van der Waals surface area contributed by atoms with Crippen molar-refractivity contribution >= 4 is 17.4 Å². The van der Waals surface area contributed by atoms with Crippen LogP contribution in [0.3, 0.4) is 0 Å². The molecule has 0 aliphatic carbocycles. The Morgan fingerprint density at radius 3 is 2.43 bits per heavy atom. The number of carbonyl (C=O) groups excluding carboxylic acids is 2. The highest BCUT2D eigenvalue weighted by atomic mass is 16.5. The van der Waals surface area contributed by atoms with Gasteiger partial charge in [0.15, 0.2) is 0 Å². The molecule has 1 amide bonds. The third kappa shape index (κ3) is 3.71. The average Bonchev–Trinajstić information content (AvgIpc) is 3.36. The number of hydrogen-bond donors (Lipinski definition) is 1. The molecule has 0 aromatic heterocycles. The number of rotatable bonds is 5. The van der Waals surface area contributed by atoms with E-state index < -0.39 is 17.7 Å². The summed E-state index contributed by atoms with van der Waals surface area (Å²) in [6.07, 6.45) is 1.67. The molecule has 2 saturated heterocycles. The first-order valence-electron chi connectivity index (χ1n) is 10.1. The van der Waals surface area contributed by atoms with Gasteiger partial charge in [-0.3, -0.25) is 9.59 Å². The maximum Gasteiger partial charge on any atom is 0.295 e. The Kier molecular flexibility index (Phi) is 5.59. The van der Waals surface area contributed by atoms with Crippen molar-refractivity contribution in [3.63, 3.8) is 0 Å². The Bertz CT molecular complexity index is 972. The van der Waals surface area contributed by atoms with E-state index in [-0.39, 0.29) is 17.4 Å². The minimum atomic E-state index is -0.679.